The van der Waals surface area contributed by atoms with Gasteiger partial charge in [0.1, 0.15) is 5.82 Å². The number of rotatable bonds is 1. The Morgan fingerprint density at radius 2 is 1.78 bits per heavy atom. The van der Waals surface area contributed by atoms with Gasteiger partial charge in [-0.25, -0.2) is 0 Å². The van der Waals surface area contributed by atoms with E-state index in [9.17, 15) is 0 Å². The zero-order valence-corrected chi connectivity index (χ0v) is 14.0. The molecule has 3 atom stereocenters. The summed E-state index contributed by atoms with van der Waals surface area (Å²) >= 11 is 0. The predicted octanol–water partition coefficient (Wildman–Crippen LogP) is 4.79. The number of hydrogen-bond acceptors (Lipinski definition) is 1. The minimum atomic E-state index is 0.114. The zero-order valence-electron chi connectivity index (χ0n) is 14.0. The van der Waals surface area contributed by atoms with Crippen LogP contribution in [0, 0.1) is 0 Å². The van der Waals surface area contributed by atoms with Gasteiger partial charge < -0.3 is 9.47 Å². The molecule has 2 aliphatic rings. The number of para-hydroxylation sites is 1. The molecule has 1 aromatic heterocycles. The molecule has 2 heteroatoms. The summed E-state index contributed by atoms with van der Waals surface area (Å²) in [6.45, 7) is 4.82. The van der Waals surface area contributed by atoms with Gasteiger partial charge in [-0.2, -0.15) is 0 Å². The van der Waals surface area contributed by atoms with Crippen molar-refractivity contribution >= 4 is 16.7 Å². The van der Waals surface area contributed by atoms with Crippen molar-refractivity contribution in [2.24, 2.45) is 7.05 Å². The molecule has 116 valence electrons. The van der Waals surface area contributed by atoms with Crippen LogP contribution in [0.3, 0.4) is 0 Å². The maximum absolute atomic E-state index is 2.67. The Balaban J connectivity index is 1.74. The highest BCUT2D eigenvalue weighted by atomic mass is 15.3. The fraction of sp³-hybridized carbons (Fsp3) is 0.333. The third kappa shape index (κ3) is 1.49. The molecular formula is C21H22N2. The van der Waals surface area contributed by atoms with Crippen molar-refractivity contribution in [1.29, 1.82) is 0 Å². The SMILES string of the molecule is C[C@H]1C2CC(C)(c3ccccc32)N1c1cc2ccccc2n1C. The van der Waals surface area contributed by atoms with E-state index in [0.717, 1.165) is 0 Å². The van der Waals surface area contributed by atoms with Crippen LogP contribution in [0.1, 0.15) is 37.3 Å². The summed E-state index contributed by atoms with van der Waals surface area (Å²) in [6, 6.07) is 20.6. The van der Waals surface area contributed by atoms with Gasteiger partial charge in [0.25, 0.3) is 0 Å². The minimum absolute atomic E-state index is 0.114. The van der Waals surface area contributed by atoms with Crippen molar-refractivity contribution in [3.63, 3.8) is 0 Å². The molecule has 2 heterocycles. The van der Waals surface area contributed by atoms with Crippen molar-refractivity contribution < 1.29 is 0 Å². The molecule has 0 spiro atoms. The summed E-state index contributed by atoms with van der Waals surface area (Å²) in [4.78, 5) is 2.67. The molecule has 0 radical (unpaired) electrons. The van der Waals surface area contributed by atoms with Crippen LogP contribution >= 0.6 is 0 Å². The Labute approximate surface area is 137 Å². The van der Waals surface area contributed by atoms with Gasteiger partial charge in [0.2, 0.25) is 0 Å². The van der Waals surface area contributed by atoms with Crippen molar-refractivity contribution in [3.8, 4) is 0 Å². The highest BCUT2D eigenvalue weighted by molar-refractivity contribution is 5.86. The van der Waals surface area contributed by atoms with E-state index in [2.05, 4.69) is 85.0 Å². The second-order valence-electron chi connectivity index (χ2n) is 7.40. The molecule has 5 rings (SSSR count). The van der Waals surface area contributed by atoms with Crippen LogP contribution < -0.4 is 4.90 Å². The Morgan fingerprint density at radius 3 is 2.61 bits per heavy atom. The number of aromatic nitrogens is 1. The van der Waals surface area contributed by atoms with Crippen LogP contribution in [-0.2, 0) is 12.6 Å². The van der Waals surface area contributed by atoms with E-state index in [-0.39, 0.29) is 5.54 Å². The second-order valence-corrected chi connectivity index (χ2v) is 7.40. The van der Waals surface area contributed by atoms with Crippen LogP contribution in [0.4, 0.5) is 5.82 Å². The van der Waals surface area contributed by atoms with E-state index in [4.69, 9.17) is 0 Å². The molecule has 2 aromatic carbocycles. The lowest BCUT2D eigenvalue weighted by atomic mass is 9.89. The van der Waals surface area contributed by atoms with Crippen molar-refractivity contribution in [2.45, 2.75) is 37.8 Å². The Kier molecular flexibility index (Phi) is 2.41. The van der Waals surface area contributed by atoms with Crippen LogP contribution in [0.2, 0.25) is 0 Å². The third-order valence-electron chi connectivity index (χ3n) is 6.25. The molecule has 2 unspecified atom stereocenters. The first kappa shape index (κ1) is 13.2. The summed E-state index contributed by atoms with van der Waals surface area (Å²) in [5, 5.41) is 1.33. The number of anilines is 1. The summed E-state index contributed by atoms with van der Waals surface area (Å²) in [6.07, 6.45) is 1.23. The molecule has 23 heavy (non-hydrogen) atoms. The molecule has 2 nitrogen and oxygen atoms in total. The van der Waals surface area contributed by atoms with Gasteiger partial charge in [-0.15, -0.1) is 0 Å². The molecule has 2 bridgehead atoms. The van der Waals surface area contributed by atoms with E-state index < -0.39 is 0 Å². The highest BCUT2D eigenvalue weighted by Crippen LogP contribution is 2.58. The van der Waals surface area contributed by atoms with E-state index in [1.165, 1.54) is 28.7 Å². The lowest BCUT2D eigenvalue weighted by molar-refractivity contribution is 0.480. The maximum atomic E-state index is 2.67. The first-order chi connectivity index (χ1) is 11.1. The average molecular weight is 302 g/mol. The molecule has 3 aromatic rings. The molecule has 0 saturated carbocycles. The van der Waals surface area contributed by atoms with E-state index >= 15 is 0 Å². The highest BCUT2D eigenvalue weighted by Gasteiger charge is 2.55. The van der Waals surface area contributed by atoms with Gasteiger partial charge in [-0.3, -0.25) is 0 Å². The number of fused-ring (bicyclic) bond motifs is 6. The van der Waals surface area contributed by atoms with E-state index in [0.29, 0.717) is 12.0 Å². The quantitative estimate of drug-likeness (QED) is 0.627. The van der Waals surface area contributed by atoms with Crippen LogP contribution in [0.5, 0.6) is 0 Å². The first-order valence-corrected chi connectivity index (χ1v) is 8.54. The molecule has 0 N–H and O–H groups in total. The lowest BCUT2D eigenvalue weighted by Crippen LogP contribution is -2.46. The maximum Gasteiger partial charge on any atom is 0.110 e. The van der Waals surface area contributed by atoms with Crippen LogP contribution in [0.25, 0.3) is 10.9 Å². The van der Waals surface area contributed by atoms with Gasteiger partial charge in [0.05, 0.1) is 5.54 Å². The van der Waals surface area contributed by atoms with Gasteiger partial charge in [0.15, 0.2) is 0 Å². The molecule has 1 aliphatic heterocycles. The third-order valence-corrected chi connectivity index (χ3v) is 6.25. The van der Waals surface area contributed by atoms with E-state index in [1.807, 2.05) is 0 Å². The Morgan fingerprint density at radius 1 is 1.04 bits per heavy atom. The smallest absolute Gasteiger partial charge is 0.110 e. The molecule has 1 saturated heterocycles. The van der Waals surface area contributed by atoms with E-state index in [1.54, 1.807) is 5.56 Å². The Bertz CT molecular complexity index is 922. The topological polar surface area (TPSA) is 8.17 Å². The molecular weight excluding hydrogens is 280 g/mol. The van der Waals surface area contributed by atoms with Crippen LogP contribution in [0.15, 0.2) is 54.6 Å². The summed E-state index contributed by atoms with van der Waals surface area (Å²) in [5.41, 5.74) is 4.52. The standard InChI is InChI=1S/C21H22N2/c1-14-17-13-21(2,18-10-6-5-9-16(17)18)23(14)20-12-15-8-4-7-11-19(15)22(20)3/h4-12,14,17H,13H2,1-3H3/t14-,17?,21?/m0/s1. The number of benzene rings is 2. The second kappa shape index (κ2) is 4.19. The molecule has 1 aliphatic carbocycles. The monoisotopic (exact) mass is 302 g/mol. The molecule has 0 amide bonds. The fourth-order valence-corrected chi connectivity index (χ4v) is 5.21. The summed E-state index contributed by atoms with van der Waals surface area (Å²) in [5.74, 6) is 1.99. The lowest BCUT2D eigenvalue weighted by Gasteiger charge is -2.43. The number of nitrogens with zero attached hydrogens (tertiary/aromatic N) is 2. The zero-order chi connectivity index (χ0) is 15.8. The van der Waals surface area contributed by atoms with Crippen molar-refractivity contribution in [3.05, 3.63) is 65.7 Å². The van der Waals surface area contributed by atoms with Gasteiger partial charge in [-0.05, 0) is 43.5 Å². The van der Waals surface area contributed by atoms with Crippen molar-refractivity contribution in [1.82, 2.24) is 4.57 Å². The van der Waals surface area contributed by atoms with Crippen LogP contribution in [-0.4, -0.2) is 10.6 Å². The normalized spacial score (nSPS) is 28.6. The largest absolute Gasteiger partial charge is 0.345 e. The van der Waals surface area contributed by atoms with Gasteiger partial charge >= 0.3 is 0 Å². The average Bonchev–Trinajstić information content (AvgIpc) is 3.14. The fourth-order valence-electron chi connectivity index (χ4n) is 5.21. The first-order valence-electron chi connectivity index (χ1n) is 8.54. The van der Waals surface area contributed by atoms with Gasteiger partial charge in [-0.1, -0.05) is 42.5 Å². The van der Waals surface area contributed by atoms with Crippen molar-refractivity contribution in [2.75, 3.05) is 4.90 Å². The number of aryl methyl sites for hydroxylation is 1. The number of hydrogen-bond donors (Lipinski definition) is 0. The predicted molar refractivity (Wildman–Crippen MR) is 96.0 cm³/mol. The molecule has 1 fully saturated rings. The summed E-state index contributed by atoms with van der Waals surface area (Å²) < 4.78 is 2.36. The summed E-state index contributed by atoms with van der Waals surface area (Å²) in [7, 11) is 2.20. The van der Waals surface area contributed by atoms with Gasteiger partial charge in [0, 0.05) is 29.9 Å². The minimum Gasteiger partial charge on any atom is -0.345 e. The Hall–Kier alpha value is -2.22.